The van der Waals surface area contributed by atoms with E-state index in [2.05, 4.69) is 20.6 Å². The van der Waals surface area contributed by atoms with Crippen molar-refractivity contribution in [1.82, 2.24) is 20.0 Å². The number of fused-ring (bicyclic) bond motifs is 1. The molecule has 6 nitrogen and oxygen atoms in total. The van der Waals surface area contributed by atoms with Gasteiger partial charge in [0.25, 0.3) is 5.56 Å². The highest BCUT2D eigenvalue weighted by Crippen LogP contribution is 2.15. The standard InChI is InChI=1S/C13H13N5OS/c1-2-14-13-17-16-11(20-13)8-18-12(19)10-6-4-3-5-9(10)7-15-18/h3-7H,2,8H2,1H3,(H,14,17). The highest BCUT2D eigenvalue weighted by atomic mass is 32.1. The number of rotatable bonds is 4. The Bertz CT molecular complexity index is 795. The third-order valence-electron chi connectivity index (χ3n) is 2.84. The minimum absolute atomic E-state index is 0.108. The number of hydrogen-bond donors (Lipinski definition) is 1. The van der Waals surface area contributed by atoms with Gasteiger partial charge in [0, 0.05) is 11.9 Å². The molecule has 7 heteroatoms. The Labute approximate surface area is 119 Å². The SMILES string of the molecule is CCNc1nnc(Cn2ncc3ccccc3c2=O)s1. The van der Waals surface area contributed by atoms with Gasteiger partial charge in [0.05, 0.1) is 18.1 Å². The number of anilines is 1. The first kappa shape index (κ1) is 12.7. The molecular formula is C13H13N5OS. The maximum Gasteiger partial charge on any atom is 0.275 e. The summed E-state index contributed by atoms with van der Waals surface area (Å²) < 4.78 is 1.42. The molecule has 2 aromatic heterocycles. The highest BCUT2D eigenvalue weighted by Gasteiger charge is 2.08. The van der Waals surface area contributed by atoms with E-state index in [1.54, 1.807) is 12.3 Å². The molecule has 0 saturated heterocycles. The van der Waals surface area contributed by atoms with Crippen LogP contribution in [0.25, 0.3) is 10.8 Å². The molecule has 0 amide bonds. The zero-order chi connectivity index (χ0) is 13.9. The van der Waals surface area contributed by atoms with Crippen LogP contribution in [0.2, 0.25) is 0 Å². The maximum absolute atomic E-state index is 12.3. The number of hydrogen-bond acceptors (Lipinski definition) is 6. The molecule has 0 saturated carbocycles. The molecular weight excluding hydrogens is 274 g/mol. The molecule has 20 heavy (non-hydrogen) atoms. The predicted molar refractivity (Wildman–Crippen MR) is 79.2 cm³/mol. The van der Waals surface area contributed by atoms with Crippen LogP contribution in [-0.2, 0) is 6.54 Å². The molecule has 0 aliphatic rings. The topological polar surface area (TPSA) is 72.7 Å². The number of aromatic nitrogens is 4. The summed E-state index contributed by atoms with van der Waals surface area (Å²) in [6, 6.07) is 7.42. The summed E-state index contributed by atoms with van der Waals surface area (Å²) in [7, 11) is 0. The first-order valence-corrected chi connectivity index (χ1v) is 7.10. The second-order valence-electron chi connectivity index (χ2n) is 4.23. The van der Waals surface area contributed by atoms with Crippen LogP contribution < -0.4 is 10.9 Å². The number of nitrogens with zero attached hydrogens (tertiary/aromatic N) is 4. The summed E-state index contributed by atoms with van der Waals surface area (Å²) in [6.45, 7) is 3.13. The maximum atomic E-state index is 12.3. The van der Waals surface area contributed by atoms with Gasteiger partial charge in [0.1, 0.15) is 5.01 Å². The van der Waals surface area contributed by atoms with Crippen LogP contribution in [0.15, 0.2) is 35.3 Å². The Morgan fingerprint density at radius 1 is 1.30 bits per heavy atom. The lowest BCUT2D eigenvalue weighted by Gasteiger charge is -2.03. The molecule has 1 N–H and O–H groups in total. The Balaban J connectivity index is 1.94. The van der Waals surface area contributed by atoms with Crippen LogP contribution in [0.1, 0.15) is 11.9 Å². The van der Waals surface area contributed by atoms with Gasteiger partial charge in [-0.3, -0.25) is 4.79 Å². The quantitative estimate of drug-likeness (QED) is 0.791. The van der Waals surface area contributed by atoms with Crippen molar-refractivity contribution in [3.05, 3.63) is 45.8 Å². The first-order chi connectivity index (χ1) is 9.78. The average molecular weight is 287 g/mol. The summed E-state index contributed by atoms with van der Waals surface area (Å²) in [5.41, 5.74) is -0.108. The molecule has 1 aromatic carbocycles. The van der Waals surface area contributed by atoms with Crippen molar-refractivity contribution in [1.29, 1.82) is 0 Å². The lowest BCUT2D eigenvalue weighted by molar-refractivity contribution is 0.640. The van der Waals surface area contributed by atoms with Crippen LogP contribution >= 0.6 is 11.3 Å². The van der Waals surface area contributed by atoms with Crippen molar-refractivity contribution < 1.29 is 0 Å². The monoisotopic (exact) mass is 287 g/mol. The van der Waals surface area contributed by atoms with Gasteiger partial charge in [0.15, 0.2) is 0 Å². The van der Waals surface area contributed by atoms with Crippen LogP contribution in [0.3, 0.4) is 0 Å². The van der Waals surface area contributed by atoms with Gasteiger partial charge < -0.3 is 5.32 Å². The predicted octanol–water partition coefficient (Wildman–Crippen LogP) is 1.73. The van der Waals surface area contributed by atoms with Gasteiger partial charge in [-0.15, -0.1) is 10.2 Å². The van der Waals surface area contributed by atoms with E-state index in [4.69, 9.17) is 0 Å². The van der Waals surface area contributed by atoms with Gasteiger partial charge in [-0.25, -0.2) is 4.68 Å². The third-order valence-corrected chi connectivity index (χ3v) is 3.71. The normalized spacial score (nSPS) is 10.8. The van der Waals surface area contributed by atoms with Gasteiger partial charge in [-0.05, 0) is 13.0 Å². The zero-order valence-corrected chi connectivity index (χ0v) is 11.7. The Hall–Kier alpha value is -2.28. The van der Waals surface area contributed by atoms with Crippen LogP contribution in [0.5, 0.6) is 0 Å². The third kappa shape index (κ3) is 2.39. The molecule has 0 aliphatic heterocycles. The first-order valence-electron chi connectivity index (χ1n) is 6.29. The van der Waals surface area contributed by atoms with Crippen LogP contribution in [-0.4, -0.2) is 26.5 Å². The molecule has 0 bridgehead atoms. The number of nitrogens with one attached hydrogen (secondary N) is 1. The molecule has 0 fully saturated rings. The van der Waals surface area contributed by atoms with E-state index in [-0.39, 0.29) is 5.56 Å². The number of benzene rings is 1. The van der Waals surface area contributed by atoms with E-state index in [0.29, 0.717) is 11.9 Å². The van der Waals surface area contributed by atoms with Gasteiger partial charge in [-0.2, -0.15) is 5.10 Å². The summed E-state index contributed by atoms with van der Waals surface area (Å²) in [5, 5.41) is 18.4. The summed E-state index contributed by atoms with van der Waals surface area (Å²) in [5.74, 6) is 0. The fraction of sp³-hybridized carbons (Fsp3) is 0.231. The van der Waals surface area contributed by atoms with E-state index in [9.17, 15) is 4.79 Å². The molecule has 102 valence electrons. The molecule has 0 radical (unpaired) electrons. The smallest absolute Gasteiger partial charge is 0.275 e. The van der Waals surface area contributed by atoms with Crippen molar-refractivity contribution >= 4 is 27.2 Å². The van der Waals surface area contributed by atoms with Crippen molar-refractivity contribution in [3.8, 4) is 0 Å². The average Bonchev–Trinajstić information content (AvgIpc) is 2.90. The fourth-order valence-electron chi connectivity index (χ4n) is 1.91. The largest absolute Gasteiger partial charge is 0.360 e. The van der Waals surface area contributed by atoms with Gasteiger partial charge in [0.2, 0.25) is 5.13 Å². The molecule has 0 aliphatic carbocycles. The van der Waals surface area contributed by atoms with E-state index in [1.165, 1.54) is 16.0 Å². The molecule has 0 spiro atoms. The minimum atomic E-state index is -0.108. The fourth-order valence-corrected chi connectivity index (χ4v) is 2.70. The zero-order valence-electron chi connectivity index (χ0n) is 10.9. The van der Waals surface area contributed by atoms with E-state index in [1.807, 2.05) is 25.1 Å². The Morgan fingerprint density at radius 3 is 3.00 bits per heavy atom. The Morgan fingerprint density at radius 2 is 2.15 bits per heavy atom. The van der Waals surface area contributed by atoms with Crippen LogP contribution in [0.4, 0.5) is 5.13 Å². The van der Waals surface area contributed by atoms with Crippen molar-refractivity contribution in [2.45, 2.75) is 13.5 Å². The van der Waals surface area contributed by atoms with Gasteiger partial charge >= 0.3 is 0 Å². The van der Waals surface area contributed by atoms with Gasteiger partial charge in [-0.1, -0.05) is 29.5 Å². The summed E-state index contributed by atoms with van der Waals surface area (Å²) in [6.07, 6.45) is 1.70. The lowest BCUT2D eigenvalue weighted by Crippen LogP contribution is -2.23. The molecule has 0 atom stereocenters. The summed E-state index contributed by atoms with van der Waals surface area (Å²) >= 11 is 1.43. The second-order valence-corrected chi connectivity index (χ2v) is 5.29. The second kappa shape index (κ2) is 5.38. The Kier molecular flexibility index (Phi) is 3.42. The molecule has 3 aromatic rings. The molecule has 3 rings (SSSR count). The van der Waals surface area contributed by atoms with E-state index >= 15 is 0 Å². The molecule has 2 heterocycles. The minimum Gasteiger partial charge on any atom is -0.360 e. The van der Waals surface area contributed by atoms with Crippen molar-refractivity contribution in [2.75, 3.05) is 11.9 Å². The van der Waals surface area contributed by atoms with Crippen LogP contribution in [0, 0.1) is 0 Å². The van der Waals surface area contributed by atoms with Crippen molar-refractivity contribution in [3.63, 3.8) is 0 Å². The summed E-state index contributed by atoms with van der Waals surface area (Å²) in [4.78, 5) is 12.3. The van der Waals surface area contributed by atoms with Crippen molar-refractivity contribution in [2.24, 2.45) is 0 Å². The molecule has 0 unspecified atom stereocenters. The van der Waals surface area contributed by atoms with E-state index < -0.39 is 0 Å². The van der Waals surface area contributed by atoms with E-state index in [0.717, 1.165) is 22.1 Å². The lowest BCUT2D eigenvalue weighted by atomic mass is 10.2. The highest BCUT2D eigenvalue weighted by molar-refractivity contribution is 7.15.